The summed E-state index contributed by atoms with van der Waals surface area (Å²) < 4.78 is 10.3. The summed E-state index contributed by atoms with van der Waals surface area (Å²) in [4.78, 5) is 0. The Balaban J connectivity index is 2.52. The van der Waals surface area contributed by atoms with Crippen molar-refractivity contribution in [1.29, 1.82) is 0 Å². The van der Waals surface area contributed by atoms with Crippen molar-refractivity contribution >= 4 is 0 Å². The first-order valence-corrected chi connectivity index (χ1v) is 5.21. The van der Waals surface area contributed by atoms with Crippen molar-refractivity contribution in [2.75, 3.05) is 20.3 Å². The highest BCUT2D eigenvalue weighted by atomic mass is 16.5. The Morgan fingerprint density at radius 3 is 2.87 bits per heavy atom. The standard InChI is InChI=1S/C11H19NO3/c1-3-9(8-14-2)12-10(7-13)11-5-4-6-15-11/h4-6,9-10,12-13H,3,7-8H2,1-2H3. The van der Waals surface area contributed by atoms with Crippen LogP contribution in [0.1, 0.15) is 25.1 Å². The van der Waals surface area contributed by atoms with E-state index in [-0.39, 0.29) is 18.7 Å². The minimum atomic E-state index is -0.153. The van der Waals surface area contributed by atoms with Crippen LogP contribution < -0.4 is 5.32 Å². The van der Waals surface area contributed by atoms with E-state index in [1.165, 1.54) is 0 Å². The SMILES string of the molecule is CCC(COC)NC(CO)c1ccco1. The van der Waals surface area contributed by atoms with Crippen LogP contribution in [0.3, 0.4) is 0 Å². The van der Waals surface area contributed by atoms with Gasteiger partial charge in [0.2, 0.25) is 0 Å². The summed E-state index contributed by atoms with van der Waals surface area (Å²) in [6.07, 6.45) is 2.56. The molecule has 0 saturated heterocycles. The molecule has 0 aliphatic rings. The van der Waals surface area contributed by atoms with Gasteiger partial charge in [-0.25, -0.2) is 0 Å². The predicted molar refractivity (Wildman–Crippen MR) is 57.6 cm³/mol. The molecule has 2 atom stereocenters. The van der Waals surface area contributed by atoms with Crippen molar-refractivity contribution in [3.05, 3.63) is 24.2 Å². The van der Waals surface area contributed by atoms with Crippen molar-refractivity contribution < 1.29 is 14.3 Å². The van der Waals surface area contributed by atoms with E-state index in [4.69, 9.17) is 9.15 Å². The second-order valence-electron chi connectivity index (χ2n) is 3.48. The molecule has 0 saturated carbocycles. The van der Waals surface area contributed by atoms with Gasteiger partial charge in [0, 0.05) is 13.2 Å². The zero-order chi connectivity index (χ0) is 11.1. The fraction of sp³-hybridized carbons (Fsp3) is 0.636. The molecule has 15 heavy (non-hydrogen) atoms. The molecule has 2 unspecified atom stereocenters. The van der Waals surface area contributed by atoms with Gasteiger partial charge in [-0.3, -0.25) is 0 Å². The second-order valence-corrected chi connectivity index (χ2v) is 3.48. The largest absolute Gasteiger partial charge is 0.468 e. The van der Waals surface area contributed by atoms with Crippen LogP contribution in [0.4, 0.5) is 0 Å². The zero-order valence-electron chi connectivity index (χ0n) is 9.27. The highest BCUT2D eigenvalue weighted by Crippen LogP contribution is 2.14. The van der Waals surface area contributed by atoms with Gasteiger partial charge in [-0.2, -0.15) is 0 Å². The Morgan fingerprint density at radius 1 is 1.60 bits per heavy atom. The maximum absolute atomic E-state index is 9.25. The molecule has 0 amide bonds. The monoisotopic (exact) mass is 213 g/mol. The molecule has 4 nitrogen and oxygen atoms in total. The minimum Gasteiger partial charge on any atom is -0.468 e. The van der Waals surface area contributed by atoms with Crippen molar-refractivity contribution in [3.63, 3.8) is 0 Å². The van der Waals surface area contributed by atoms with Gasteiger partial charge in [0.25, 0.3) is 0 Å². The van der Waals surface area contributed by atoms with E-state index in [1.807, 2.05) is 12.1 Å². The Morgan fingerprint density at radius 2 is 2.40 bits per heavy atom. The molecule has 86 valence electrons. The summed E-state index contributed by atoms with van der Waals surface area (Å²) >= 11 is 0. The first-order chi connectivity index (χ1) is 7.31. The molecule has 0 spiro atoms. The van der Waals surface area contributed by atoms with E-state index in [9.17, 15) is 5.11 Å². The highest BCUT2D eigenvalue weighted by Gasteiger charge is 2.16. The number of ether oxygens (including phenoxy) is 1. The average molecular weight is 213 g/mol. The number of methoxy groups -OCH3 is 1. The minimum absolute atomic E-state index is 0.0216. The first-order valence-electron chi connectivity index (χ1n) is 5.21. The quantitative estimate of drug-likeness (QED) is 0.717. The fourth-order valence-electron chi connectivity index (χ4n) is 1.48. The Labute approximate surface area is 90.2 Å². The first kappa shape index (κ1) is 12.2. The Hall–Kier alpha value is -0.840. The Kier molecular flexibility index (Phi) is 5.39. The maximum Gasteiger partial charge on any atom is 0.123 e. The Bertz CT molecular complexity index is 248. The number of hydrogen-bond donors (Lipinski definition) is 2. The summed E-state index contributed by atoms with van der Waals surface area (Å²) in [5.41, 5.74) is 0. The number of aliphatic hydroxyl groups excluding tert-OH is 1. The number of nitrogens with one attached hydrogen (secondary N) is 1. The van der Waals surface area contributed by atoms with Gasteiger partial charge in [0.05, 0.1) is 25.5 Å². The van der Waals surface area contributed by atoms with Gasteiger partial charge in [-0.1, -0.05) is 6.92 Å². The maximum atomic E-state index is 9.25. The van der Waals surface area contributed by atoms with Crippen LogP contribution in [0, 0.1) is 0 Å². The van der Waals surface area contributed by atoms with Crippen LogP contribution in [0.2, 0.25) is 0 Å². The summed E-state index contributed by atoms with van der Waals surface area (Å²) in [6, 6.07) is 3.75. The molecule has 2 N–H and O–H groups in total. The molecule has 0 aliphatic heterocycles. The predicted octanol–water partition coefficient (Wildman–Crippen LogP) is 1.33. The van der Waals surface area contributed by atoms with Gasteiger partial charge in [0.15, 0.2) is 0 Å². The van der Waals surface area contributed by atoms with Gasteiger partial charge in [-0.15, -0.1) is 0 Å². The van der Waals surface area contributed by atoms with Crippen LogP contribution in [-0.2, 0) is 4.74 Å². The van der Waals surface area contributed by atoms with Crippen molar-refractivity contribution in [3.8, 4) is 0 Å². The van der Waals surface area contributed by atoms with Crippen LogP contribution in [-0.4, -0.2) is 31.5 Å². The number of hydrogen-bond acceptors (Lipinski definition) is 4. The molecular formula is C11H19NO3. The molecule has 1 aromatic heterocycles. The van der Waals surface area contributed by atoms with Gasteiger partial charge in [0.1, 0.15) is 5.76 Å². The molecule has 0 bridgehead atoms. The number of aliphatic hydroxyl groups is 1. The molecule has 0 aliphatic carbocycles. The molecule has 0 radical (unpaired) electrons. The molecular weight excluding hydrogens is 194 g/mol. The van der Waals surface area contributed by atoms with Crippen LogP contribution in [0.5, 0.6) is 0 Å². The third-order valence-electron chi connectivity index (χ3n) is 2.37. The normalized spacial score (nSPS) is 15.1. The summed E-state index contributed by atoms with van der Waals surface area (Å²) in [6.45, 7) is 2.73. The summed E-state index contributed by atoms with van der Waals surface area (Å²) in [5.74, 6) is 0.757. The molecule has 1 rings (SSSR count). The summed E-state index contributed by atoms with van der Waals surface area (Å²) in [7, 11) is 1.67. The van der Waals surface area contributed by atoms with E-state index in [2.05, 4.69) is 12.2 Å². The van der Waals surface area contributed by atoms with E-state index < -0.39 is 0 Å². The second kappa shape index (κ2) is 6.61. The molecule has 1 aromatic rings. The number of rotatable bonds is 7. The fourth-order valence-corrected chi connectivity index (χ4v) is 1.48. The van der Waals surface area contributed by atoms with Crippen LogP contribution in [0.25, 0.3) is 0 Å². The lowest BCUT2D eigenvalue weighted by molar-refractivity contribution is 0.141. The van der Waals surface area contributed by atoms with E-state index in [0.717, 1.165) is 12.2 Å². The molecule has 1 heterocycles. The van der Waals surface area contributed by atoms with E-state index in [1.54, 1.807) is 13.4 Å². The van der Waals surface area contributed by atoms with Crippen molar-refractivity contribution in [2.45, 2.75) is 25.4 Å². The molecule has 0 fully saturated rings. The third kappa shape index (κ3) is 3.66. The van der Waals surface area contributed by atoms with Crippen LogP contribution >= 0.6 is 0 Å². The van der Waals surface area contributed by atoms with E-state index in [0.29, 0.717) is 6.61 Å². The average Bonchev–Trinajstić information content (AvgIpc) is 2.77. The topological polar surface area (TPSA) is 54.6 Å². The molecule has 4 heteroatoms. The van der Waals surface area contributed by atoms with Crippen LogP contribution in [0.15, 0.2) is 22.8 Å². The van der Waals surface area contributed by atoms with Gasteiger partial charge in [-0.05, 0) is 18.6 Å². The van der Waals surface area contributed by atoms with Gasteiger partial charge >= 0.3 is 0 Å². The van der Waals surface area contributed by atoms with Crippen molar-refractivity contribution in [2.24, 2.45) is 0 Å². The zero-order valence-corrected chi connectivity index (χ0v) is 9.27. The lowest BCUT2D eigenvalue weighted by Gasteiger charge is -2.21. The number of furan rings is 1. The van der Waals surface area contributed by atoms with Crippen molar-refractivity contribution in [1.82, 2.24) is 5.32 Å². The van der Waals surface area contributed by atoms with E-state index >= 15 is 0 Å². The molecule has 0 aromatic carbocycles. The smallest absolute Gasteiger partial charge is 0.123 e. The highest BCUT2D eigenvalue weighted by molar-refractivity contribution is 5.04. The van der Waals surface area contributed by atoms with Gasteiger partial charge < -0.3 is 19.6 Å². The lowest BCUT2D eigenvalue weighted by Crippen LogP contribution is -2.37. The summed E-state index contributed by atoms with van der Waals surface area (Å²) in [5, 5.41) is 12.5. The third-order valence-corrected chi connectivity index (χ3v) is 2.37. The lowest BCUT2D eigenvalue weighted by atomic mass is 10.1.